The Hall–Kier alpha value is -2.62. The number of benzene rings is 3. The molecule has 3 nitrogen and oxygen atoms in total. The lowest BCUT2D eigenvalue weighted by Crippen LogP contribution is -2.23. The number of rotatable bonds is 10. The third-order valence-electron chi connectivity index (χ3n) is 4.37. The summed E-state index contributed by atoms with van der Waals surface area (Å²) in [6, 6.07) is 28.9. The summed E-state index contributed by atoms with van der Waals surface area (Å²) >= 11 is 0. The molecule has 0 radical (unpaired) electrons. The van der Waals surface area contributed by atoms with E-state index < -0.39 is 0 Å². The normalized spacial score (nSPS) is 10.9. The monoisotopic (exact) mass is 361 g/mol. The molecule has 0 saturated heterocycles. The largest absolute Gasteiger partial charge is 0.491 e. The SMILES string of the molecule is CN(CCOCCOc1ccccc1-c1ccccc1)Cc1ccccc1. The Bertz CT molecular complexity index is 790. The number of likely N-dealkylation sites (N-methyl/N-ethyl adjacent to an activating group) is 1. The van der Waals surface area contributed by atoms with Crippen molar-refractivity contribution in [3.63, 3.8) is 0 Å². The first-order valence-electron chi connectivity index (χ1n) is 9.40. The van der Waals surface area contributed by atoms with Crippen molar-refractivity contribution in [2.75, 3.05) is 33.4 Å². The molecule has 27 heavy (non-hydrogen) atoms. The van der Waals surface area contributed by atoms with Crippen LogP contribution in [0.4, 0.5) is 0 Å². The van der Waals surface area contributed by atoms with Crippen LogP contribution in [0, 0.1) is 0 Å². The van der Waals surface area contributed by atoms with E-state index in [0.717, 1.165) is 30.0 Å². The highest BCUT2D eigenvalue weighted by Gasteiger charge is 2.05. The Morgan fingerprint density at radius 2 is 1.37 bits per heavy atom. The number of ether oxygens (including phenoxy) is 2. The molecule has 0 atom stereocenters. The first-order valence-corrected chi connectivity index (χ1v) is 9.40. The zero-order chi connectivity index (χ0) is 18.7. The van der Waals surface area contributed by atoms with Gasteiger partial charge in [-0.1, -0.05) is 78.9 Å². The number of para-hydroxylation sites is 1. The second-order valence-corrected chi connectivity index (χ2v) is 6.55. The lowest BCUT2D eigenvalue weighted by atomic mass is 10.1. The summed E-state index contributed by atoms with van der Waals surface area (Å²) in [5.74, 6) is 0.897. The van der Waals surface area contributed by atoms with Crippen molar-refractivity contribution < 1.29 is 9.47 Å². The summed E-state index contributed by atoms with van der Waals surface area (Å²) in [5.41, 5.74) is 3.60. The van der Waals surface area contributed by atoms with E-state index >= 15 is 0 Å². The number of hydrogen-bond donors (Lipinski definition) is 0. The van der Waals surface area contributed by atoms with Crippen molar-refractivity contribution in [1.29, 1.82) is 0 Å². The fourth-order valence-corrected chi connectivity index (χ4v) is 2.96. The van der Waals surface area contributed by atoms with E-state index in [2.05, 4.69) is 54.4 Å². The van der Waals surface area contributed by atoms with Crippen LogP contribution in [0.25, 0.3) is 11.1 Å². The fraction of sp³-hybridized carbons (Fsp3) is 0.250. The van der Waals surface area contributed by atoms with Crippen molar-refractivity contribution in [2.45, 2.75) is 6.54 Å². The minimum atomic E-state index is 0.548. The van der Waals surface area contributed by atoms with E-state index in [4.69, 9.17) is 9.47 Å². The van der Waals surface area contributed by atoms with Crippen LogP contribution in [0.2, 0.25) is 0 Å². The molecule has 3 aromatic carbocycles. The minimum Gasteiger partial charge on any atom is -0.491 e. The average molecular weight is 361 g/mol. The Balaban J connectivity index is 1.37. The Morgan fingerprint density at radius 1 is 0.704 bits per heavy atom. The van der Waals surface area contributed by atoms with Crippen molar-refractivity contribution in [1.82, 2.24) is 4.90 Å². The van der Waals surface area contributed by atoms with Gasteiger partial charge in [0.05, 0.1) is 13.2 Å². The molecule has 0 unspecified atom stereocenters. The van der Waals surface area contributed by atoms with Gasteiger partial charge in [0.2, 0.25) is 0 Å². The third-order valence-corrected chi connectivity index (χ3v) is 4.37. The Morgan fingerprint density at radius 3 is 2.15 bits per heavy atom. The molecular weight excluding hydrogens is 334 g/mol. The molecule has 3 aromatic rings. The Kier molecular flexibility index (Phi) is 7.45. The molecule has 0 aromatic heterocycles. The third kappa shape index (κ3) is 6.24. The maximum atomic E-state index is 5.96. The molecule has 0 amide bonds. The molecule has 140 valence electrons. The molecule has 0 saturated carbocycles. The molecule has 0 heterocycles. The highest BCUT2D eigenvalue weighted by molar-refractivity contribution is 5.70. The van der Waals surface area contributed by atoms with Crippen molar-refractivity contribution in [3.8, 4) is 16.9 Å². The van der Waals surface area contributed by atoms with Crippen LogP contribution >= 0.6 is 0 Å². The smallest absolute Gasteiger partial charge is 0.127 e. The van der Waals surface area contributed by atoms with Crippen LogP contribution in [-0.2, 0) is 11.3 Å². The van der Waals surface area contributed by atoms with Crippen LogP contribution in [0.3, 0.4) is 0 Å². The predicted molar refractivity (Wildman–Crippen MR) is 111 cm³/mol. The second-order valence-electron chi connectivity index (χ2n) is 6.55. The van der Waals surface area contributed by atoms with E-state index in [9.17, 15) is 0 Å². The van der Waals surface area contributed by atoms with Crippen LogP contribution in [0.1, 0.15) is 5.56 Å². The van der Waals surface area contributed by atoms with Crippen molar-refractivity contribution in [2.24, 2.45) is 0 Å². The van der Waals surface area contributed by atoms with Gasteiger partial charge in [0.1, 0.15) is 12.4 Å². The van der Waals surface area contributed by atoms with Gasteiger partial charge in [0.15, 0.2) is 0 Å². The van der Waals surface area contributed by atoms with Crippen molar-refractivity contribution in [3.05, 3.63) is 90.5 Å². The van der Waals surface area contributed by atoms with E-state index in [1.807, 2.05) is 42.5 Å². The fourth-order valence-electron chi connectivity index (χ4n) is 2.96. The highest BCUT2D eigenvalue weighted by atomic mass is 16.5. The molecule has 3 rings (SSSR count). The minimum absolute atomic E-state index is 0.548. The van der Waals surface area contributed by atoms with Crippen LogP contribution in [-0.4, -0.2) is 38.3 Å². The summed E-state index contributed by atoms with van der Waals surface area (Å²) in [7, 11) is 2.11. The second kappa shape index (κ2) is 10.5. The molecule has 3 heteroatoms. The zero-order valence-corrected chi connectivity index (χ0v) is 15.9. The summed E-state index contributed by atoms with van der Waals surface area (Å²) in [5, 5.41) is 0. The topological polar surface area (TPSA) is 21.7 Å². The molecule has 0 aliphatic rings. The Labute approximate surface area is 162 Å². The molecule has 0 spiro atoms. The van der Waals surface area contributed by atoms with Gasteiger partial charge < -0.3 is 9.47 Å². The van der Waals surface area contributed by atoms with Crippen LogP contribution in [0.15, 0.2) is 84.9 Å². The zero-order valence-electron chi connectivity index (χ0n) is 15.9. The molecule has 0 aliphatic carbocycles. The van der Waals surface area contributed by atoms with Gasteiger partial charge in [0.25, 0.3) is 0 Å². The predicted octanol–water partition coefficient (Wildman–Crippen LogP) is 4.88. The molecular formula is C24H27NO2. The average Bonchev–Trinajstić information content (AvgIpc) is 2.72. The van der Waals surface area contributed by atoms with E-state index in [1.54, 1.807) is 0 Å². The van der Waals surface area contributed by atoms with Gasteiger partial charge in [-0.15, -0.1) is 0 Å². The molecule has 0 fully saturated rings. The van der Waals surface area contributed by atoms with E-state index in [0.29, 0.717) is 19.8 Å². The maximum Gasteiger partial charge on any atom is 0.127 e. The lowest BCUT2D eigenvalue weighted by Gasteiger charge is -2.17. The van der Waals surface area contributed by atoms with E-state index in [-0.39, 0.29) is 0 Å². The summed E-state index contributed by atoms with van der Waals surface area (Å²) < 4.78 is 11.7. The highest BCUT2D eigenvalue weighted by Crippen LogP contribution is 2.29. The van der Waals surface area contributed by atoms with Gasteiger partial charge >= 0.3 is 0 Å². The van der Waals surface area contributed by atoms with Crippen LogP contribution in [0.5, 0.6) is 5.75 Å². The number of nitrogens with zero attached hydrogens (tertiary/aromatic N) is 1. The van der Waals surface area contributed by atoms with Gasteiger partial charge in [-0.05, 0) is 24.2 Å². The summed E-state index contributed by atoms with van der Waals surface area (Å²) in [6.07, 6.45) is 0. The van der Waals surface area contributed by atoms with Gasteiger partial charge in [-0.25, -0.2) is 0 Å². The van der Waals surface area contributed by atoms with Gasteiger partial charge in [0, 0.05) is 18.7 Å². The lowest BCUT2D eigenvalue weighted by molar-refractivity contribution is 0.0838. The summed E-state index contributed by atoms with van der Waals surface area (Å²) in [6.45, 7) is 3.67. The van der Waals surface area contributed by atoms with Crippen LogP contribution < -0.4 is 4.74 Å². The molecule has 0 bridgehead atoms. The first kappa shape index (κ1) is 19.2. The van der Waals surface area contributed by atoms with Gasteiger partial charge in [-0.2, -0.15) is 0 Å². The maximum absolute atomic E-state index is 5.96. The number of hydrogen-bond acceptors (Lipinski definition) is 3. The summed E-state index contributed by atoms with van der Waals surface area (Å²) in [4.78, 5) is 2.26. The van der Waals surface area contributed by atoms with Gasteiger partial charge in [-0.3, -0.25) is 4.90 Å². The quantitative estimate of drug-likeness (QED) is 0.480. The standard InChI is InChI=1S/C24H27NO2/c1-25(20-21-10-4-2-5-11-21)16-17-26-18-19-27-24-15-9-8-14-23(24)22-12-6-3-7-13-22/h2-15H,16-20H2,1H3. The first-order chi connectivity index (χ1) is 13.3. The van der Waals surface area contributed by atoms with E-state index in [1.165, 1.54) is 5.56 Å². The molecule has 0 aliphatic heterocycles. The van der Waals surface area contributed by atoms with Crippen molar-refractivity contribution >= 4 is 0 Å². The molecule has 0 N–H and O–H groups in total.